The third-order valence-corrected chi connectivity index (χ3v) is 8.61. The number of esters is 1. The van der Waals surface area contributed by atoms with E-state index in [9.17, 15) is 9.59 Å². The molecule has 44 heavy (non-hydrogen) atoms. The van der Waals surface area contributed by atoms with E-state index in [2.05, 4.69) is 4.99 Å². The molecule has 11 heteroatoms. The third kappa shape index (κ3) is 5.23. The lowest BCUT2D eigenvalue weighted by Crippen LogP contribution is -2.39. The molecule has 9 nitrogen and oxygen atoms in total. The number of fused-ring (bicyclic) bond motifs is 1. The first-order valence-electron chi connectivity index (χ1n) is 13.6. The van der Waals surface area contributed by atoms with E-state index in [0.717, 1.165) is 16.8 Å². The molecule has 222 valence electrons. The van der Waals surface area contributed by atoms with Crippen LogP contribution in [0.1, 0.15) is 24.1 Å². The fraction of sp³-hybridized carbons (Fsp3) is 0.152. The normalized spacial score (nSPS) is 14.7. The highest BCUT2D eigenvalue weighted by atomic mass is 35.5. The number of thiazole rings is 1. The van der Waals surface area contributed by atoms with Crippen LogP contribution in [-0.2, 0) is 9.53 Å². The van der Waals surface area contributed by atoms with Crippen LogP contribution in [0, 0.1) is 0 Å². The number of rotatable bonds is 7. The van der Waals surface area contributed by atoms with E-state index >= 15 is 0 Å². The minimum atomic E-state index is -0.737. The number of carbonyl (C=O) groups is 1. The standard InChI is InChI=1S/C33H27ClN4O5S/c1-19-28(32(40)43-4)30(20-10-13-24(41-2)14-11-20)38-31(39)27(44-33(38)35-19)17-22-18-37(23-8-6-5-7-9-23)36-29(22)21-12-15-26(42-3)25(34)16-21/h5-18,30H,1-4H3/b27-17-. The number of halogens is 1. The van der Waals surface area contributed by atoms with E-state index in [4.69, 9.17) is 30.9 Å². The van der Waals surface area contributed by atoms with Crippen LogP contribution < -0.4 is 24.4 Å². The van der Waals surface area contributed by atoms with Crippen molar-refractivity contribution in [1.29, 1.82) is 0 Å². The summed E-state index contributed by atoms with van der Waals surface area (Å²) >= 11 is 7.72. The zero-order valence-corrected chi connectivity index (χ0v) is 25.8. The van der Waals surface area contributed by atoms with Crippen molar-refractivity contribution >= 4 is 35.0 Å². The minimum Gasteiger partial charge on any atom is -0.497 e. The molecule has 1 aliphatic rings. The number of hydrogen-bond acceptors (Lipinski definition) is 8. The Morgan fingerprint density at radius 1 is 1.00 bits per heavy atom. The van der Waals surface area contributed by atoms with Crippen molar-refractivity contribution in [2.45, 2.75) is 13.0 Å². The Morgan fingerprint density at radius 2 is 1.75 bits per heavy atom. The number of nitrogens with zero attached hydrogens (tertiary/aromatic N) is 4. The molecule has 0 amide bonds. The molecule has 0 aliphatic carbocycles. The lowest BCUT2D eigenvalue weighted by atomic mass is 9.96. The topological polar surface area (TPSA) is 96.9 Å². The maximum Gasteiger partial charge on any atom is 0.338 e. The zero-order valence-electron chi connectivity index (χ0n) is 24.3. The smallest absolute Gasteiger partial charge is 0.338 e. The zero-order chi connectivity index (χ0) is 31.0. The van der Waals surface area contributed by atoms with E-state index in [0.29, 0.717) is 48.4 Å². The number of methoxy groups -OCH3 is 3. The summed E-state index contributed by atoms with van der Waals surface area (Å²) in [5, 5.41) is 5.31. The van der Waals surface area contributed by atoms with Crippen molar-refractivity contribution in [1.82, 2.24) is 14.3 Å². The van der Waals surface area contributed by atoms with Crippen LogP contribution >= 0.6 is 22.9 Å². The first-order chi connectivity index (χ1) is 21.3. The van der Waals surface area contributed by atoms with Crippen molar-refractivity contribution in [2.24, 2.45) is 4.99 Å². The van der Waals surface area contributed by atoms with Crippen LogP contribution in [0.2, 0.25) is 5.02 Å². The lowest BCUT2D eigenvalue weighted by molar-refractivity contribution is -0.136. The molecule has 1 atom stereocenters. The number of benzene rings is 3. The Labute approximate surface area is 261 Å². The number of hydrogen-bond donors (Lipinski definition) is 0. The van der Waals surface area contributed by atoms with Gasteiger partial charge in [0.25, 0.3) is 5.56 Å². The Balaban J connectivity index is 1.56. The maximum absolute atomic E-state index is 14.2. The molecule has 6 rings (SSSR count). The van der Waals surface area contributed by atoms with Crippen LogP contribution in [0.5, 0.6) is 11.5 Å². The highest BCUT2D eigenvalue weighted by molar-refractivity contribution is 7.07. The lowest BCUT2D eigenvalue weighted by Gasteiger charge is -2.24. The molecule has 0 bridgehead atoms. The Hall–Kier alpha value is -4.93. The van der Waals surface area contributed by atoms with E-state index in [1.54, 1.807) is 60.7 Å². The summed E-state index contributed by atoms with van der Waals surface area (Å²) in [6.45, 7) is 1.75. The number of allylic oxidation sites excluding steroid dienone is 1. The number of aromatic nitrogens is 3. The molecule has 0 saturated heterocycles. The molecule has 1 unspecified atom stereocenters. The van der Waals surface area contributed by atoms with Gasteiger partial charge in [-0.05, 0) is 61.0 Å². The summed E-state index contributed by atoms with van der Waals surface area (Å²) in [5.41, 5.74) is 4.13. The Kier molecular flexibility index (Phi) is 7.94. The van der Waals surface area contributed by atoms with Gasteiger partial charge in [-0.3, -0.25) is 9.36 Å². The van der Waals surface area contributed by atoms with Crippen molar-refractivity contribution in [3.8, 4) is 28.4 Å². The summed E-state index contributed by atoms with van der Waals surface area (Å²) in [5.74, 6) is 0.648. The second-order valence-electron chi connectivity index (χ2n) is 9.91. The predicted molar refractivity (Wildman–Crippen MR) is 169 cm³/mol. The fourth-order valence-corrected chi connectivity index (χ4v) is 6.47. The van der Waals surface area contributed by atoms with Crippen LogP contribution in [0.25, 0.3) is 23.0 Å². The largest absolute Gasteiger partial charge is 0.497 e. The average Bonchev–Trinajstić information content (AvgIpc) is 3.61. The summed E-state index contributed by atoms with van der Waals surface area (Å²) in [6, 6.07) is 21.6. The van der Waals surface area contributed by atoms with Gasteiger partial charge in [-0.2, -0.15) is 5.10 Å². The summed E-state index contributed by atoms with van der Waals surface area (Å²) < 4.78 is 19.5. The predicted octanol–water partition coefficient (Wildman–Crippen LogP) is 4.93. The molecule has 0 fully saturated rings. The Bertz CT molecular complexity index is 2100. The number of carbonyl (C=O) groups excluding carboxylic acids is 1. The first-order valence-corrected chi connectivity index (χ1v) is 14.8. The van der Waals surface area contributed by atoms with Crippen molar-refractivity contribution in [3.05, 3.63) is 126 Å². The molecule has 3 aromatic carbocycles. The molecule has 3 heterocycles. The summed E-state index contributed by atoms with van der Waals surface area (Å²) in [7, 11) is 4.45. The molecular weight excluding hydrogens is 600 g/mol. The quantitative estimate of drug-likeness (QED) is 0.238. The molecule has 0 radical (unpaired) electrons. The van der Waals surface area contributed by atoms with Gasteiger partial charge in [-0.1, -0.05) is 53.3 Å². The number of para-hydroxylation sites is 1. The van der Waals surface area contributed by atoms with Crippen molar-refractivity contribution in [3.63, 3.8) is 0 Å². The third-order valence-electron chi connectivity index (χ3n) is 7.33. The van der Waals surface area contributed by atoms with Gasteiger partial charge in [0.1, 0.15) is 17.2 Å². The second kappa shape index (κ2) is 12.0. The van der Waals surface area contributed by atoms with E-state index in [1.807, 2.05) is 54.7 Å². The fourth-order valence-electron chi connectivity index (χ4n) is 5.18. The van der Waals surface area contributed by atoms with E-state index in [-0.39, 0.29) is 5.56 Å². The number of ether oxygens (including phenoxy) is 3. The monoisotopic (exact) mass is 626 g/mol. The molecule has 2 aromatic heterocycles. The highest BCUT2D eigenvalue weighted by Gasteiger charge is 2.33. The first kappa shape index (κ1) is 29.2. The van der Waals surface area contributed by atoms with E-state index in [1.165, 1.54) is 18.4 Å². The van der Waals surface area contributed by atoms with Crippen LogP contribution in [-0.4, -0.2) is 41.6 Å². The Morgan fingerprint density at radius 3 is 2.41 bits per heavy atom. The van der Waals surface area contributed by atoms with Gasteiger partial charge in [0, 0.05) is 17.3 Å². The van der Waals surface area contributed by atoms with Crippen molar-refractivity contribution in [2.75, 3.05) is 21.3 Å². The molecule has 0 spiro atoms. The molecule has 0 N–H and O–H groups in total. The second-order valence-corrected chi connectivity index (χ2v) is 11.3. The SMILES string of the molecule is COC(=O)C1=C(C)N=c2s/c(=C\c3cn(-c4ccccc4)nc3-c3ccc(OC)c(Cl)c3)c(=O)n2C1c1ccc(OC)cc1. The molecule has 5 aromatic rings. The maximum atomic E-state index is 14.2. The highest BCUT2D eigenvalue weighted by Crippen LogP contribution is 2.33. The average molecular weight is 627 g/mol. The van der Waals surface area contributed by atoms with Gasteiger partial charge in [-0.15, -0.1) is 0 Å². The van der Waals surface area contributed by atoms with Gasteiger partial charge in [-0.25, -0.2) is 14.5 Å². The van der Waals surface area contributed by atoms with Gasteiger partial charge in [0.2, 0.25) is 0 Å². The molecular formula is C33H27ClN4O5S. The summed E-state index contributed by atoms with van der Waals surface area (Å²) in [4.78, 5) is 32.3. The molecule has 1 aliphatic heterocycles. The van der Waals surface area contributed by atoms with Crippen LogP contribution in [0.4, 0.5) is 0 Å². The van der Waals surface area contributed by atoms with E-state index < -0.39 is 12.0 Å². The van der Waals surface area contributed by atoms with Crippen molar-refractivity contribution < 1.29 is 19.0 Å². The summed E-state index contributed by atoms with van der Waals surface area (Å²) in [6.07, 6.45) is 3.67. The van der Waals surface area contributed by atoms with Gasteiger partial charge in [0.15, 0.2) is 4.80 Å². The minimum absolute atomic E-state index is 0.294. The van der Waals surface area contributed by atoms with Gasteiger partial charge < -0.3 is 14.2 Å². The van der Waals surface area contributed by atoms with Gasteiger partial charge >= 0.3 is 5.97 Å². The van der Waals surface area contributed by atoms with Gasteiger partial charge in [0.05, 0.1) is 53.9 Å². The van der Waals surface area contributed by atoms with Crippen LogP contribution in [0.15, 0.2) is 100 Å². The van der Waals surface area contributed by atoms with Crippen LogP contribution in [0.3, 0.4) is 0 Å². The molecule has 0 saturated carbocycles.